The Balaban J connectivity index is 1.70. The number of ether oxygens (including phenoxy) is 2. The first-order chi connectivity index (χ1) is 14.4. The normalized spacial score (nSPS) is 14.5. The van der Waals surface area contributed by atoms with Crippen LogP contribution in [0.4, 0.5) is 0 Å². The van der Waals surface area contributed by atoms with E-state index in [9.17, 15) is 9.90 Å². The molecule has 158 valence electrons. The zero-order valence-electron chi connectivity index (χ0n) is 17.0. The predicted molar refractivity (Wildman–Crippen MR) is 105 cm³/mol. The predicted octanol–water partition coefficient (Wildman–Crippen LogP) is 0.635. The standard InChI is InChI=1S/C19H23N7O4/c1-4-30-18-11(2)12(22-10-23-18)8-26-16-14(20-7-13(24-16)29-3)15(25-26)17(27)21-9-19(28)5-6-19/h7,10,28H,4-6,8-9H2,1-3H3,(H,21,27). The number of rotatable bonds is 8. The molecule has 1 aliphatic carbocycles. The molecule has 11 nitrogen and oxygen atoms in total. The fraction of sp³-hybridized carbons (Fsp3) is 0.474. The van der Waals surface area contributed by atoms with E-state index in [-0.39, 0.29) is 18.8 Å². The van der Waals surface area contributed by atoms with Crippen molar-refractivity contribution in [1.82, 2.24) is 35.0 Å². The highest BCUT2D eigenvalue weighted by atomic mass is 16.5. The minimum Gasteiger partial charge on any atom is -0.480 e. The third-order valence-electron chi connectivity index (χ3n) is 4.97. The molecule has 1 saturated carbocycles. The van der Waals surface area contributed by atoms with Gasteiger partial charge in [0.2, 0.25) is 11.8 Å². The summed E-state index contributed by atoms with van der Waals surface area (Å²) in [5, 5.41) is 17.2. The molecule has 0 atom stereocenters. The number of hydrogen-bond donors (Lipinski definition) is 2. The number of fused-ring (bicyclic) bond motifs is 1. The molecule has 1 aliphatic rings. The van der Waals surface area contributed by atoms with Crippen molar-refractivity contribution in [1.29, 1.82) is 0 Å². The second kappa shape index (κ2) is 7.82. The van der Waals surface area contributed by atoms with Crippen LogP contribution in [-0.4, -0.2) is 66.6 Å². The van der Waals surface area contributed by atoms with Crippen LogP contribution in [0, 0.1) is 6.92 Å². The van der Waals surface area contributed by atoms with Gasteiger partial charge in [-0.25, -0.2) is 19.6 Å². The summed E-state index contributed by atoms with van der Waals surface area (Å²) in [5.41, 5.74) is 1.51. The maximum atomic E-state index is 12.7. The summed E-state index contributed by atoms with van der Waals surface area (Å²) in [6.07, 6.45) is 4.21. The summed E-state index contributed by atoms with van der Waals surface area (Å²) >= 11 is 0. The summed E-state index contributed by atoms with van der Waals surface area (Å²) in [6.45, 7) is 4.65. The van der Waals surface area contributed by atoms with Crippen molar-refractivity contribution < 1.29 is 19.4 Å². The molecule has 0 saturated heterocycles. The number of nitrogens with zero attached hydrogens (tertiary/aromatic N) is 6. The third kappa shape index (κ3) is 3.88. The molecule has 0 radical (unpaired) electrons. The summed E-state index contributed by atoms with van der Waals surface area (Å²) in [6, 6.07) is 0. The topological polar surface area (TPSA) is 137 Å². The van der Waals surface area contributed by atoms with Gasteiger partial charge in [-0.05, 0) is 26.7 Å². The number of carbonyl (C=O) groups excluding carboxylic acids is 1. The van der Waals surface area contributed by atoms with Crippen LogP contribution >= 0.6 is 0 Å². The fourth-order valence-corrected chi connectivity index (χ4v) is 2.99. The summed E-state index contributed by atoms with van der Waals surface area (Å²) in [7, 11) is 1.49. The molecule has 3 heterocycles. The lowest BCUT2D eigenvalue weighted by molar-refractivity contribution is 0.0892. The van der Waals surface area contributed by atoms with Gasteiger partial charge in [-0.1, -0.05) is 0 Å². The maximum absolute atomic E-state index is 12.7. The van der Waals surface area contributed by atoms with Crippen LogP contribution in [-0.2, 0) is 6.54 Å². The van der Waals surface area contributed by atoms with E-state index in [1.54, 1.807) is 4.68 Å². The maximum Gasteiger partial charge on any atom is 0.274 e. The van der Waals surface area contributed by atoms with E-state index in [0.717, 1.165) is 5.56 Å². The lowest BCUT2D eigenvalue weighted by Crippen LogP contribution is -2.33. The fourth-order valence-electron chi connectivity index (χ4n) is 2.99. The molecule has 0 bridgehead atoms. The van der Waals surface area contributed by atoms with Gasteiger partial charge in [0.15, 0.2) is 11.3 Å². The van der Waals surface area contributed by atoms with Crippen molar-refractivity contribution in [3.63, 3.8) is 0 Å². The molecule has 0 spiro atoms. The van der Waals surface area contributed by atoms with Gasteiger partial charge >= 0.3 is 0 Å². The van der Waals surface area contributed by atoms with Gasteiger partial charge < -0.3 is 19.9 Å². The van der Waals surface area contributed by atoms with Crippen LogP contribution in [0.1, 0.15) is 41.5 Å². The Morgan fingerprint density at radius 2 is 2.13 bits per heavy atom. The van der Waals surface area contributed by atoms with Gasteiger partial charge in [-0.3, -0.25) is 4.79 Å². The molecular formula is C19H23N7O4. The van der Waals surface area contributed by atoms with Crippen LogP contribution in [0.2, 0.25) is 0 Å². The average molecular weight is 413 g/mol. The first-order valence-electron chi connectivity index (χ1n) is 9.65. The number of methoxy groups -OCH3 is 1. The minimum absolute atomic E-state index is 0.126. The molecule has 2 N–H and O–H groups in total. The Morgan fingerprint density at radius 1 is 1.33 bits per heavy atom. The van der Waals surface area contributed by atoms with E-state index in [1.807, 2.05) is 13.8 Å². The first kappa shape index (κ1) is 20.0. The van der Waals surface area contributed by atoms with Crippen molar-refractivity contribution >= 4 is 17.1 Å². The van der Waals surface area contributed by atoms with Crippen molar-refractivity contribution in [2.45, 2.75) is 38.8 Å². The number of aliphatic hydroxyl groups is 1. The van der Waals surface area contributed by atoms with Crippen LogP contribution in [0.3, 0.4) is 0 Å². The highest BCUT2D eigenvalue weighted by Crippen LogP contribution is 2.34. The molecule has 0 aliphatic heterocycles. The quantitative estimate of drug-likeness (QED) is 0.545. The van der Waals surface area contributed by atoms with E-state index >= 15 is 0 Å². The lowest BCUT2D eigenvalue weighted by atomic mass is 10.2. The van der Waals surface area contributed by atoms with Crippen molar-refractivity contribution in [3.05, 3.63) is 29.5 Å². The Morgan fingerprint density at radius 3 is 2.83 bits per heavy atom. The van der Waals surface area contributed by atoms with Crippen LogP contribution < -0.4 is 14.8 Å². The smallest absolute Gasteiger partial charge is 0.274 e. The van der Waals surface area contributed by atoms with E-state index in [4.69, 9.17) is 9.47 Å². The second-order valence-electron chi connectivity index (χ2n) is 7.18. The minimum atomic E-state index is -0.809. The van der Waals surface area contributed by atoms with Gasteiger partial charge in [-0.2, -0.15) is 10.1 Å². The van der Waals surface area contributed by atoms with Crippen LogP contribution in [0.25, 0.3) is 11.2 Å². The van der Waals surface area contributed by atoms with E-state index < -0.39 is 11.5 Å². The van der Waals surface area contributed by atoms with E-state index in [0.29, 0.717) is 48.1 Å². The summed E-state index contributed by atoms with van der Waals surface area (Å²) in [4.78, 5) is 29.9. The molecule has 0 aromatic carbocycles. The summed E-state index contributed by atoms with van der Waals surface area (Å²) in [5.74, 6) is 0.378. The molecule has 30 heavy (non-hydrogen) atoms. The SMILES string of the molecule is CCOc1ncnc(Cn2nc(C(=O)NCC3(O)CC3)c3ncc(OC)nc32)c1C. The van der Waals surface area contributed by atoms with Gasteiger partial charge in [0.1, 0.15) is 11.8 Å². The number of carbonyl (C=O) groups is 1. The number of hydrogen-bond acceptors (Lipinski definition) is 9. The molecule has 0 unspecified atom stereocenters. The Labute approximate surface area is 172 Å². The molecular weight excluding hydrogens is 390 g/mol. The van der Waals surface area contributed by atoms with Gasteiger partial charge in [0, 0.05) is 12.1 Å². The number of amides is 1. The Kier molecular flexibility index (Phi) is 5.20. The summed E-state index contributed by atoms with van der Waals surface area (Å²) < 4.78 is 12.3. The third-order valence-corrected chi connectivity index (χ3v) is 4.97. The van der Waals surface area contributed by atoms with Gasteiger partial charge in [0.25, 0.3) is 5.91 Å². The molecule has 3 aromatic rings. The molecule has 1 fully saturated rings. The molecule has 11 heteroatoms. The molecule has 4 rings (SSSR count). The average Bonchev–Trinajstić information content (AvgIpc) is 3.38. The highest BCUT2D eigenvalue weighted by Gasteiger charge is 2.40. The van der Waals surface area contributed by atoms with E-state index in [1.165, 1.54) is 19.6 Å². The Hall–Kier alpha value is -3.34. The van der Waals surface area contributed by atoms with Crippen molar-refractivity contribution in [2.75, 3.05) is 20.3 Å². The first-order valence-corrected chi connectivity index (χ1v) is 9.65. The number of aromatic nitrogens is 6. The van der Waals surface area contributed by atoms with E-state index in [2.05, 4.69) is 30.4 Å². The zero-order valence-corrected chi connectivity index (χ0v) is 17.0. The van der Waals surface area contributed by atoms with Crippen molar-refractivity contribution in [3.8, 4) is 11.8 Å². The lowest BCUT2D eigenvalue weighted by Gasteiger charge is -2.10. The van der Waals surface area contributed by atoms with Gasteiger partial charge in [-0.15, -0.1) is 0 Å². The highest BCUT2D eigenvalue weighted by molar-refractivity contribution is 6.02. The largest absolute Gasteiger partial charge is 0.480 e. The van der Waals surface area contributed by atoms with Crippen LogP contribution in [0.5, 0.6) is 11.8 Å². The second-order valence-corrected chi connectivity index (χ2v) is 7.18. The molecule has 3 aromatic heterocycles. The number of nitrogens with one attached hydrogen (secondary N) is 1. The van der Waals surface area contributed by atoms with Gasteiger partial charge in [0.05, 0.1) is 37.8 Å². The molecule has 1 amide bonds. The van der Waals surface area contributed by atoms with Crippen molar-refractivity contribution in [2.24, 2.45) is 0 Å². The van der Waals surface area contributed by atoms with Crippen LogP contribution in [0.15, 0.2) is 12.5 Å². The zero-order chi connectivity index (χ0) is 21.3. The monoisotopic (exact) mass is 413 g/mol. The Bertz CT molecular complexity index is 1090.